The number of aromatic nitrogens is 2. The molecule has 3 atom stereocenters. The lowest BCUT2D eigenvalue weighted by molar-refractivity contribution is -0.119. The first-order chi connectivity index (χ1) is 17.5. The first-order valence-electron chi connectivity index (χ1n) is 12.1. The first kappa shape index (κ1) is 27.6. The molecule has 37 heavy (non-hydrogen) atoms. The molecule has 202 valence electrons. The number of nitrogens with one attached hydrogen (secondary N) is 3. The van der Waals surface area contributed by atoms with Gasteiger partial charge in [-0.2, -0.15) is 18.2 Å². The molecule has 13 heteroatoms. The molecule has 0 radical (unpaired) electrons. The number of thiophene rings is 1. The topological polar surface area (TPSA) is 92.1 Å². The van der Waals surface area contributed by atoms with Crippen molar-refractivity contribution in [2.45, 2.75) is 68.7 Å². The Hall–Kier alpha value is -2.38. The largest absolute Gasteiger partial charge is 0.446 e. The van der Waals surface area contributed by atoms with Crippen molar-refractivity contribution < 1.29 is 26.9 Å². The van der Waals surface area contributed by atoms with Gasteiger partial charge in [0, 0.05) is 23.2 Å². The molecule has 0 spiro atoms. The van der Waals surface area contributed by atoms with E-state index in [4.69, 9.17) is 4.52 Å². The molecule has 2 aromatic heterocycles. The summed E-state index contributed by atoms with van der Waals surface area (Å²) in [7, 11) is 0. The van der Waals surface area contributed by atoms with Gasteiger partial charge in [0.2, 0.25) is 17.6 Å². The Morgan fingerprint density at radius 2 is 2.00 bits per heavy atom. The number of piperidine rings is 1. The number of nitrogens with zero attached hydrogens (tertiary/aromatic N) is 2. The van der Waals surface area contributed by atoms with Gasteiger partial charge in [-0.05, 0) is 43.1 Å². The third-order valence-corrected chi connectivity index (χ3v) is 7.80. The molecule has 4 heterocycles. The van der Waals surface area contributed by atoms with Crippen molar-refractivity contribution in [2.75, 3.05) is 18.4 Å². The Labute approximate surface area is 220 Å². The molecule has 2 saturated heterocycles. The van der Waals surface area contributed by atoms with Crippen LogP contribution in [0.2, 0.25) is 0 Å². The lowest BCUT2D eigenvalue weighted by Crippen LogP contribution is -2.45. The maximum absolute atomic E-state index is 14.3. The number of hydrogen-bond donors (Lipinski definition) is 3. The molecular formula is C24H29F4N5O2S2. The summed E-state index contributed by atoms with van der Waals surface area (Å²) in [5, 5.41) is 13.1. The lowest BCUT2D eigenvalue weighted by Gasteiger charge is -2.28. The molecule has 5 rings (SSSR count). The van der Waals surface area contributed by atoms with Crippen LogP contribution < -0.4 is 16.0 Å². The number of benzene rings is 1. The van der Waals surface area contributed by atoms with Crippen LogP contribution in [-0.4, -0.2) is 46.9 Å². The van der Waals surface area contributed by atoms with E-state index in [0.29, 0.717) is 41.6 Å². The van der Waals surface area contributed by atoms with E-state index in [0.717, 1.165) is 17.3 Å². The standard InChI is InChI=1S/C20H19F4N5O2S2.C4H10/c21-10-8-25-7-6-11(10)26-12-3-1-2-9-15(12)32-17(16(9)33-20(22,23)24)18-28-19(31-29-18)13-4-5-14(30)27-13;1-4(2)3/h1-3,10-11,13,25-26H,4-8H2,(H,27,30);4H,1-3H3. The molecule has 0 saturated carbocycles. The number of fused-ring (bicyclic) bond motifs is 1. The van der Waals surface area contributed by atoms with Gasteiger partial charge < -0.3 is 20.5 Å². The van der Waals surface area contributed by atoms with Crippen LogP contribution in [0.5, 0.6) is 0 Å². The Kier molecular flexibility index (Phi) is 8.64. The molecule has 2 fully saturated rings. The van der Waals surface area contributed by atoms with E-state index in [1.807, 2.05) is 0 Å². The van der Waals surface area contributed by atoms with Gasteiger partial charge in [-0.25, -0.2) is 4.39 Å². The van der Waals surface area contributed by atoms with Gasteiger partial charge in [0.05, 0.1) is 21.3 Å². The highest BCUT2D eigenvalue weighted by atomic mass is 32.2. The number of amides is 1. The van der Waals surface area contributed by atoms with E-state index in [9.17, 15) is 22.4 Å². The fraction of sp³-hybridized carbons (Fsp3) is 0.542. The highest BCUT2D eigenvalue weighted by molar-refractivity contribution is 8.00. The molecule has 0 aliphatic carbocycles. The molecule has 1 aromatic carbocycles. The summed E-state index contributed by atoms with van der Waals surface area (Å²) < 4.78 is 60.5. The SMILES string of the molecule is CC(C)C.O=C1CCC(c2nc(-c3sc4c(NC5CCNCC5F)cccc4c3SC(F)(F)F)no2)N1. The minimum absolute atomic E-state index is 0.0234. The third kappa shape index (κ3) is 6.94. The van der Waals surface area contributed by atoms with Crippen LogP contribution in [-0.2, 0) is 4.79 Å². The van der Waals surface area contributed by atoms with Crippen molar-refractivity contribution in [3.8, 4) is 10.7 Å². The van der Waals surface area contributed by atoms with E-state index < -0.39 is 23.8 Å². The molecule has 1 amide bonds. The Bertz CT molecular complexity index is 1230. The molecule has 3 aromatic rings. The third-order valence-electron chi connectivity index (χ3n) is 5.57. The number of anilines is 1. The monoisotopic (exact) mass is 559 g/mol. The average Bonchev–Trinajstić information content (AvgIpc) is 3.53. The van der Waals surface area contributed by atoms with Crippen molar-refractivity contribution in [1.29, 1.82) is 0 Å². The zero-order valence-electron chi connectivity index (χ0n) is 20.6. The van der Waals surface area contributed by atoms with Crippen LogP contribution >= 0.6 is 23.1 Å². The summed E-state index contributed by atoms with van der Waals surface area (Å²) in [4.78, 5) is 16.0. The molecule has 7 nitrogen and oxygen atoms in total. The molecule has 3 N–H and O–H groups in total. The number of thioether (sulfide) groups is 1. The molecule has 2 aliphatic rings. The summed E-state index contributed by atoms with van der Waals surface area (Å²) in [5.74, 6) is 0.870. The minimum Gasteiger partial charge on any atom is -0.378 e. The second-order valence-corrected chi connectivity index (χ2v) is 11.7. The van der Waals surface area contributed by atoms with Crippen molar-refractivity contribution in [2.24, 2.45) is 5.92 Å². The lowest BCUT2D eigenvalue weighted by atomic mass is 10.0. The van der Waals surface area contributed by atoms with E-state index in [1.54, 1.807) is 18.2 Å². The smallest absolute Gasteiger partial charge is 0.378 e. The molecular weight excluding hydrogens is 530 g/mol. The van der Waals surface area contributed by atoms with Crippen LogP contribution in [0.25, 0.3) is 20.8 Å². The molecule has 2 aliphatic heterocycles. The second-order valence-electron chi connectivity index (χ2n) is 9.60. The molecule has 0 bridgehead atoms. The van der Waals surface area contributed by atoms with E-state index >= 15 is 0 Å². The zero-order valence-corrected chi connectivity index (χ0v) is 22.2. The summed E-state index contributed by atoms with van der Waals surface area (Å²) in [6.07, 6.45) is 0.244. The second kappa shape index (κ2) is 11.6. The Morgan fingerprint density at radius 3 is 2.65 bits per heavy atom. The van der Waals surface area contributed by atoms with Crippen LogP contribution in [0.4, 0.5) is 23.2 Å². The van der Waals surface area contributed by atoms with Gasteiger partial charge >= 0.3 is 5.51 Å². The normalized spacial score (nSPS) is 22.2. The fourth-order valence-corrected chi connectivity index (χ4v) is 6.13. The van der Waals surface area contributed by atoms with Gasteiger partial charge in [0.25, 0.3) is 0 Å². The number of halogens is 4. The van der Waals surface area contributed by atoms with Crippen LogP contribution in [0, 0.1) is 5.92 Å². The zero-order chi connectivity index (χ0) is 26.7. The van der Waals surface area contributed by atoms with Crippen molar-refractivity contribution in [1.82, 2.24) is 20.8 Å². The molecule has 3 unspecified atom stereocenters. The number of alkyl halides is 4. The number of carbonyl (C=O) groups excluding carboxylic acids is 1. The summed E-state index contributed by atoms with van der Waals surface area (Å²) >= 11 is 0.860. The maximum Gasteiger partial charge on any atom is 0.446 e. The van der Waals surface area contributed by atoms with Crippen molar-refractivity contribution >= 4 is 44.8 Å². The summed E-state index contributed by atoms with van der Waals surface area (Å²) in [5.41, 5.74) is -3.97. The van der Waals surface area contributed by atoms with Crippen LogP contribution in [0.1, 0.15) is 52.0 Å². The van der Waals surface area contributed by atoms with Gasteiger partial charge in [-0.15, -0.1) is 11.3 Å². The Morgan fingerprint density at radius 1 is 1.24 bits per heavy atom. The van der Waals surface area contributed by atoms with Crippen molar-refractivity contribution in [3.05, 3.63) is 24.1 Å². The Balaban J connectivity index is 0.000000747. The van der Waals surface area contributed by atoms with Gasteiger partial charge in [-0.3, -0.25) is 4.79 Å². The van der Waals surface area contributed by atoms with Gasteiger partial charge in [0.1, 0.15) is 12.2 Å². The van der Waals surface area contributed by atoms with Crippen LogP contribution in [0.15, 0.2) is 27.6 Å². The summed E-state index contributed by atoms with van der Waals surface area (Å²) in [6, 6.07) is 4.08. The average molecular weight is 560 g/mol. The van der Waals surface area contributed by atoms with E-state index in [-0.39, 0.29) is 45.7 Å². The fourth-order valence-electron chi connectivity index (χ4n) is 4.03. The highest BCUT2D eigenvalue weighted by Crippen LogP contribution is 2.50. The van der Waals surface area contributed by atoms with Crippen molar-refractivity contribution in [3.63, 3.8) is 0 Å². The minimum atomic E-state index is -4.53. The predicted molar refractivity (Wildman–Crippen MR) is 137 cm³/mol. The quantitative estimate of drug-likeness (QED) is 0.250. The predicted octanol–water partition coefficient (Wildman–Crippen LogP) is 6.29. The van der Waals surface area contributed by atoms with Crippen LogP contribution in [0.3, 0.4) is 0 Å². The number of rotatable bonds is 5. The van der Waals surface area contributed by atoms with E-state index in [1.165, 1.54) is 0 Å². The number of carbonyl (C=O) groups is 1. The van der Waals surface area contributed by atoms with Gasteiger partial charge in [-0.1, -0.05) is 38.1 Å². The van der Waals surface area contributed by atoms with E-state index in [2.05, 4.69) is 46.9 Å². The van der Waals surface area contributed by atoms with Gasteiger partial charge in [0.15, 0.2) is 0 Å². The summed E-state index contributed by atoms with van der Waals surface area (Å²) in [6.45, 7) is 7.38. The highest BCUT2D eigenvalue weighted by Gasteiger charge is 2.35. The first-order valence-corrected chi connectivity index (χ1v) is 13.7. The maximum atomic E-state index is 14.3. The number of hydrogen-bond acceptors (Lipinski definition) is 8.